The van der Waals surface area contributed by atoms with Crippen molar-refractivity contribution in [1.29, 1.82) is 0 Å². The van der Waals surface area contributed by atoms with Crippen molar-refractivity contribution >= 4 is 35.8 Å². The molecule has 0 bridgehead atoms. The lowest BCUT2D eigenvalue weighted by molar-refractivity contribution is -0.128. The van der Waals surface area contributed by atoms with Gasteiger partial charge in [0, 0.05) is 39.2 Å². The van der Waals surface area contributed by atoms with Crippen LogP contribution in [0.3, 0.4) is 0 Å². The van der Waals surface area contributed by atoms with Crippen LogP contribution in [0.5, 0.6) is 0 Å². The number of likely N-dealkylation sites (tertiary alicyclic amines) is 1. The summed E-state index contributed by atoms with van der Waals surface area (Å²) in [5, 5.41) is 10.6. The molecule has 1 saturated heterocycles. The van der Waals surface area contributed by atoms with Gasteiger partial charge < -0.3 is 20.1 Å². The minimum atomic E-state index is 0. The molecule has 1 aliphatic heterocycles. The van der Waals surface area contributed by atoms with E-state index < -0.39 is 0 Å². The van der Waals surface area contributed by atoms with Gasteiger partial charge in [0.1, 0.15) is 0 Å². The number of rotatable bonds is 7. The Morgan fingerprint density at radius 1 is 1.21 bits per heavy atom. The molecule has 1 aliphatic rings. The molecule has 29 heavy (non-hydrogen) atoms. The number of guanidine groups is 1. The van der Waals surface area contributed by atoms with Gasteiger partial charge in [0.15, 0.2) is 11.7 Å². The molecule has 0 atom stereocenters. The van der Waals surface area contributed by atoms with E-state index in [4.69, 9.17) is 4.52 Å². The monoisotopic (exact) mass is 511 g/mol. The number of hydrogen-bond acceptors (Lipinski definition) is 4. The fourth-order valence-corrected chi connectivity index (χ4v) is 3.12. The molecule has 0 unspecified atom stereocenters. The molecule has 1 aromatic heterocycles. The van der Waals surface area contributed by atoms with Gasteiger partial charge in [-0.1, -0.05) is 43.3 Å². The molecular weight excluding hydrogens is 481 g/mol. The van der Waals surface area contributed by atoms with Crippen molar-refractivity contribution in [2.75, 3.05) is 13.6 Å². The van der Waals surface area contributed by atoms with Crippen LogP contribution in [-0.2, 0) is 24.4 Å². The van der Waals surface area contributed by atoms with Crippen LogP contribution in [0.1, 0.15) is 55.2 Å². The summed E-state index contributed by atoms with van der Waals surface area (Å²) >= 11 is 0. The Labute approximate surface area is 189 Å². The lowest BCUT2D eigenvalue weighted by atomic mass is 10.1. The Bertz CT molecular complexity index is 817. The van der Waals surface area contributed by atoms with Crippen molar-refractivity contribution in [2.24, 2.45) is 4.99 Å². The maximum atomic E-state index is 11.7. The van der Waals surface area contributed by atoms with E-state index in [1.807, 2.05) is 11.0 Å². The Morgan fingerprint density at radius 3 is 2.48 bits per heavy atom. The number of aliphatic imine (C=N–C) groups is 1. The number of aromatic nitrogens is 1. The van der Waals surface area contributed by atoms with E-state index in [9.17, 15) is 4.79 Å². The van der Waals surface area contributed by atoms with Crippen molar-refractivity contribution in [3.8, 4) is 0 Å². The van der Waals surface area contributed by atoms with Crippen LogP contribution in [0.4, 0.5) is 0 Å². The molecule has 0 radical (unpaired) electrons. The summed E-state index contributed by atoms with van der Waals surface area (Å²) in [4.78, 5) is 17.9. The average Bonchev–Trinajstić information content (AvgIpc) is 3.33. The molecule has 1 amide bonds. The second-order valence-electron chi connectivity index (χ2n) is 7.39. The van der Waals surface area contributed by atoms with Crippen molar-refractivity contribution in [3.63, 3.8) is 0 Å². The maximum absolute atomic E-state index is 11.7. The average molecular weight is 511 g/mol. The third-order valence-electron chi connectivity index (χ3n) is 4.85. The second kappa shape index (κ2) is 11.2. The van der Waals surface area contributed by atoms with Gasteiger partial charge in [0.25, 0.3) is 0 Å². The van der Waals surface area contributed by atoms with E-state index in [2.05, 4.69) is 58.9 Å². The molecule has 2 aromatic rings. The smallest absolute Gasteiger partial charge is 0.222 e. The summed E-state index contributed by atoms with van der Waals surface area (Å²) in [7, 11) is 1.74. The summed E-state index contributed by atoms with van der Waals surface area (Å²) in [5.74, 6) is 2.09. The standard InChI is InChI=1S/C21H29N5O2.HI/c1-15(2)19-11-18(28-25-19)13-24-21(22-3)23-12-16-6-8-17(9-7-16)14-26-10-4-5-20(26)27;/h6-9,11,15H,4-5,10,12-14H2,1-3H3,(H2,22,23,24);1H. The Morgan fingerprint density at radius 2 is 1.90 bits per heavy atom. The first-order valence-electron chi connectivity index (χ1n) is 9.80. The maximum Gasteiger partial charge on any atom is 0.222 e. The van der Waals surface area contributed by atoms with E-state index >= 15 is 0 Å². The van der Waals surface area contributed by atoms with Gasteiger partial charge in [-0.05, 0) is 23.5 Å². The van der Waals surface area contributed by atoms with Crippen molar-refractivity contribution in [3.05, 3.63) is 52.9 Å². The zero-order valence-electron chi connectivity index (χ0n) is 17.3. The van der Waals surface area contributed by atoms with Crippen molar-refractivity contribution in [1.82, 2.24) is 20.7 Å². The molecule has 0 saturated carbocycles. The molecule has 1 fully saturated rings. The minimum Gasteiger partial charge on any atom is -0.359 e. The van der Waals surface area contributed by atoms with E-state index in [0.717, 1.165) is 35.5 Å². The van der Waals surface area contributed by atoms with Crippen molar-refractivity contribution < 1.29 is 9.32 Å². The molecule has 158 valence electrons. The SMILES string of the molecule is CN=C(NCc1ccc(CN2CCCC2=O)cc1)NCc1cc(C(C)C)no1.I. The largest absolute Gasteiger partial charge is 0.359 e. The molecule has 8 heteroatoms. The summed E-state index contributed by atoms with van der Waals surface area (Å²) in [6, 6.07) is 10.3. The third kappa shape index (κ3) is 6.73. The van der Waals surface area contributed by atoms with E-state index in [1.54, 1.807) is 7.05 Å². The van der Waals surface area contributed by atoms with Crippen LogP contribution < -0.4 is 10.6 Å². The first kappa shape index (κ1) is 23.2. The molecule has 0 spiro atoms. The highest BCUT2D eigenvalue weighted by Gasteiger charge is 2.19. The van der Waals surface area contributed by atoms with E-state index in [1.165, 1.54) is 0 Å². The number of nitrogens with zero attached hydrogens (tertiary/aromatic N) is 3. The molecule has 7 nitrogen and oxygen atoms in total. The summed E-state index contributed by atoms with van der Waals surface area (Å²) in [6.45, 7) is 6.94. The quantitative estimate of drug-likeness (QED) is 0.338. The van der Waals surface area contributed by atoms with Crippen LogP contribution >= 0.6 is 24.0 Å². The lowest BCUT2D eigenvalue weighted by Gasteiger charge is -2.16. The summed E-state index contributed by atoms with van der Waals surface area (Å²) in [5.41, 5.74) is 3.27. The van der Waals surface area contributed by atoms with Crippen LogP contribution in [0, 0.1) is 0 Å². The second-order valence-corrected chi connectivity index (χ2v) is 7.39. The number of carbonyl (C=O) groups excluding carboxylic acids is 1. The molecule has 3 rings (SSSR count). The summed E-state index contributed by atoms with van der Waals surface area (Å²) < 4.78 is 5.34. The van der Waals surface area contributed by atoms with Gasteiger partial charge >= 0.3 is 0 Å². The normalized spacial score (nSPS) is 14.3. The predicted molar refractivity (Wildman–Crippen MR) is 124 cm³/mol. The molecule has 2 N–H and O–H groups in total. The van der Waals surface area contributed by atoms with Gasteiger partial charge in [-0.3, -0.25) is 9.79 Å². The van der Waals surface area contributed by atoms with Crippen LogP contribution in [0.25, 0.3) is 0 Å². The topological polar surface area (TPSA) is 82.8 Å². The fraction of sp³-hybridized carbons (Fsp3) is 0.476. The highest BCUT2D eigenvalue weighted by atomic mass is 127. The summed E-state index contributed by atoms with van der Waals surface area (Å²) in [6.07, 6.45) is 1.65. The van der Waals surface area contributed by atoms with E-state index in [-0.39, 0.29) is 29.9 Å². The van der Waals surface area contributed by atoms with Crippen LogP contribution in [0.15, 0.2) is 39.8 Å². The molecule has 1 aromatic carbocycles. The van der Waals surface area contributed by atoms with E-state index in [0.29, 0.717) is 37.9 Å². The lowest BCUT2D eigenvalue weighted by Crippen LogP contribution is -2.36. The number of nitrogens with one attached hydrogen (secondary N) is 2. The van der Waals surface area contributed by atoms with Gasteiger partial charge in [-0.25, -0.2) is 0 Å². The highest BCUT2D eigenvalue weighted by Crippen LogP contribution is 2.15. The first-order chi connectivity index (χ1) is 13.5. The van der Waals surface area contributed by atoms with Gasteiger partial charge in [-0.2, -0.15) is 0 Å². The van der Waals surface area contributed by atoms with Crippen molar-refractivity contribution in [2.45, 2.75) is 52.2 Å². The van der Waals surface area contributed by atoms with Gasteiger partial charge in [0.05, 0.1) is 12.2 Å². The highest BCUT2D eigenvalue weighted by molar-refractivity contribution is 14.0. The zero-order chi connectivity index (χ0) is 19.9. The number of amides is 1. The number of carbonyl (C=O) groups is 1. The minimum absolute atomic E-state index is 0. The number of hydrogen-bond donors (Lipinski definition) is 2. The molecule has 2 heterocycles. The Balaban J connectivity index is 0.00000300. The van der Waals surface area contributed by atoms with Crippen LogP contribution in [0.2, 0.25) is 0 Å². The van der Waals surface area contributed by atoms with Gasteiger partial charge in [-0.15, -0.1) is 24.0 Å². The number of benzene rings is 1. The third-order valence-corrected chi connectivity index (χ3v) is 4.85. The van der Waals surface area contributed by atoms with Gasteiger partial charge in [0.2, 0.25) is 5.91 Å². The van der Waals surface area contributed by atoms with Crippen LogP contribution in [-0.4, -0.2) is 35.5 Å². The zero-order valence-corrected chi connectivity index (χ0v) is 19.6. The molecule has 0 aliphatic carbocycles. The Hall–Kier alpha value is -2.10. The number of halogens is 1. The first-order valence-corrected chi connectivity index (χ1v) is 9.80. The fourth-order valence-electron chi connectivity index (χ4n) is 3.12. The Kier molecular flexibility index (Phi) is 8.94. The predicted octanol–water partition coefficient (Wildman–Crippen LogP) is 3.40. The molecular formula is C21H30IN5O2.